The molecule has 15 heavy (non-hydrogen) atoms. The van der Waals surface area contributed by atoms with E-state index in [4.69, 9.17) is 0 Å². The molecule has 0 saturated carbocycles. The zero-order valence-corrected chi connectivity index (χ0v) is 8.16. The van der Waals surface area contributed by atoms with E-state index < -0.39 is 6.67 Å². The van der Waals surface area contributed by atoms with Crippen LogP contribution in [0.15, 0.2) is 30.1 Å². The Bertz CT molecular complexity index is 415. The maximum absolute atomic E-state index is 12.3. The van der Waals surface area contributed by atoms with Crippen molar-refractivity contribution in [1.29, 1.82) is 0 Å². The Kier molecular flexibility index (Phi) is 2.76. The van der Waals surface area contributed by atoms with Gasteiger partial charge in [-0.25, -0.2) is 4.39 Å². The molecular formula is C11H11FN2O. The molecule has 1 aromatic rings. The SMILES string of the molecule is O=C1C=C(Nc2ccnc(CF)c2)CC1. The minimum atomic E-state index is -0.576. The average Bonchev–Trinajstić information content (AvgIpc) is 2.64. The molecule has 0 aliphatic heterocycles. The van der Waals surface area contributed by atoms with Crippen molar-refractivity contribution in [2.75, 3.05) is 5.32 Å². The van der Waals surface area contributed by atoms with Crippen LogP contribution in [0.2, 0.25) is 0 Å². The molecular weight excluding hydrogens is 195 g/mol. The monoisotopic (exact) mass is 206 g/mol. The predicted molar refractivity (Wildman–Crippen MR) is 55.0 cm³/mol. The van der Waals surface area contributed by atoms with Crippen molar-refractivity contribution in [3.8, 4) is 0 Å². The molecule has 1 aromatic heterocycles. The van der Waals surface area contributed by atoms with Gasteiger partial charge in [-0.05, 0) is 18.6 Å². The van der Waals surface area contributed by atoms with E-state index in [0.29, 0.717) is 12.1 Å². The second-order valence-corrected chi connectivity index (χ2v) is 3.43. The van der Waals surface area contributed by atoms with Crippen molar-refractivity contribution >= 4 is 11.5 Å². The molecule has 0 spiro atoms. The van der Waals surface area contributed by atoms with E-state index in [9.17, 15) is 9.18 Å². The third-order valence-corrected chi connectivity index (χ3v) is 2.23. The number of carbonyl (C=O) groups excluding carboxylic acids is 1. The number of hydrogen-bond acceptors (Lipinski definition) is 3. The molecule has 2 rings (SSSR count). The molecule has 78 valence electrons. The molecule has 1 aliphatic carbocycles. The lowest BCUT2D eigenvalue weighted by Crippen LogP contribution is -1.97. The van der Waals surface area contributed by atoms with Gasteiger partial charge in [-0.3, -0.25) is 9.78 Å². The molecule has 1 aliphatic rings. The highest BCUT2D eigenvalue weighted by molar-refractivity contribution is 5.93. The fraction of sp³-hybridized carbons (Fsp3) is 0.273. The largest absolute Gasteiger partial charge is 0.359 e. The summed E-state index contributed by atoms with van der Waals surface area (Å²) >= 11 is 0. The quantitative estimate of drug-likeness (QED) is 0.824. The van der Waals surface area contributed by atoms with Gasteiger partial charge in [0.1, 0.15) is 6.67 Å². The molecule has 0 saturated heterocycles. The Morgan fingerprint density at radius 1 is 1.47 bits per heavy atom. The topological polar surface area (TPSA) is 42.0 Å². The van der Waals surface area contributed by atoms with Crippen molar-refractivity contribution in [3.05, 3.63) is 35.8 Å². The van der Waals surface area contributed by atoms with Crippen LogP contribution in [0.4, 0.5) is 10.1 Å². The smallest absolute Gasteiger partial charge is 0.157 e. The number of alkyl halides is 1. The summed E-state index contributed by atoms with van der Waals surface area (Å²) in [5.41, 5.74) is 2.06. The molecule has 0 radical (unpaired) electrons. The van der Waals surface area contributed by atoms with Gasteiger partial charge in [0.25, 0.3) is 0 Å². The average molecular weight is 206 g/mol. The minimum Gasteiger partial charge on any atom is -0.359 e. The molecule has 0 atom stereocenters. The van der Waals surface area contributed by atoms with E-state index in [1.165, 1.54) is 0 Å². The maximum Gasteiger partial charge on any atom is 0.157 e. The number of halogens is 1. The summed E-state index contributed by atoms with van der Waals surface area (Å²) in [4.78, 5) is 14.8. The molecule has 3 nitrogen and oxygen atoms in total. The number of carbonyl (C=O) groups is 1. The van der Waals surface area contributed by atoms with Crippen LogP contribution in [0.5, 0.6) is 0 Å². The van der Waals surface area contributed by atoms with Crippen molar-refractivity contribution < 1.29 is 9.18 Å². The fourth-order valence-corrected chi connectivity index (χ4v) is 1.51. The Labute approximate surface area is 87.0 Å². The zero-order chi connectivity index (χ0) is 10.7. The summed E-state index contributed by atoms with van der Waals surface area (Å²) in [5, 5.41) is 3.08. The number of pyridine rings is 1. The van der Waals surface area contributed by atoms with Crippen molar-refractivity contribution in [2.24, 2.45) is 0 Å². The summed E-state index contributed by atoms with van der Waals surface area (Å²) in [6.07, 6.45) is 4.43. The van der Waals surface area contributed by atoms with Crippen molar-refractivity contribution in [2.45, 2.75) is 19.5 Å². The van der Waals surface area contributed by atoms with Gasteiger partial charge in [-0.15, -0.1) is 0 Å². The van der Waals surface area contributed by atoms with Crippen LogP contribution in [0, 0.1) is 0 Å². The molecule has 0 aromatic carbocycles. The Morgan fingerprint density at radius 2 is 2.33 bits per heavy atom. The standard InChI is InChI=1S/C11H11FN2O/c12-7-10-5-9(3-4-13-10)14-8-1-2-11(15)6-8/h3-6H,1-2,7H2,(H,13,14). The Balaban J connectivity index is 2.10. The number of aromatic nitrogens is 1. The van der Waals surface area contributed by atoms with Gasteiger partial charge in [0.2, 0.25) is 0 Å². The molecule has 4 heteroatoms. The van der Waals surface area contributed by atoms with Crippen LogP contribution in [-0.4, -0.2) is 10.8 Å². The van der Waals surface area contributed by atoms with Gasteiger partial charge < -0.3 is 5.32 Å². The maximum atomic E-state index is 12.3. The summed E-state index contributed by atoms with van der Waals surface area (Å²) < 4.78 is 12.3. The van der Waals surface area contributed by atoms with Gasteiger partial charge in [0.05, 0.1) is 5.69 Å². The fourth-order valence-electron chi connectivity index (χ4n) is 1.51. The van der Waals surface area contributed by atoms with Crippen LogP contribution < -0.4 is 5.32 Å². The number of nitrogens with one attached hydrogen (secondary N) is 1. The first kappa shape index (κ1) is 9.83. The van der Waals surface area contributed by atoms with E-state index in [0.717, 1.165) is 17.8 Å². The van der Waals surface area contributed by atoms with E-state index in [2.05, 4.69) is 10.3 Å². The number of anilines is 1. The number of hydrogen-bond donors (Lipinski definition) is 1. The van der Waals surface area contributed by atoms with Crippen LogP contribution >= 0.6 is 0 Å². The first-order valence-corrected chi connectivity index (χ1v) is 4.79. The van der Waals surface area contributed by atoms with E-state index in [1.54, 1.807) is 24.4 Å². The number of ketones is 1. The van der Waals surface area contributed by atoms with E-state index in [1.807, 2.05) is 0 Å². The lowest BCUT2D eigenvalue weighted by molar-refractivity contribution is -0.114. The van der Waals surface area contributed by atoms with Crippen molar-refractivity contribution in [3.63, 3.8) is 0 Å². The van der Waals surface area contributed by atoms with Gasteiger partial charge in [-0.2, -0.15) is 0 Å². The molecule has 0 fully saturated rings. The van der Waals surface area contributed by atoms with E-state index >= 15 is 0 Å². The first-order valence-electron chi connectivity index (χ1n) is 4.79. The zero-order valence-electron chi connectivity index (χ0n) is 8.16. The lowest BCUT2D eigenvalue weighted by Gasteiger charge is -2.06. The van der Waals surface area contributed by atoms with Crippen LogP contribution in [-0.2, 0) is 11.5 Å². The highest BCUT2D eigenvalue weighted by atomic mass is 19.1. The third kappa shape index (κ3) is 2.40. The lowest BCUT2D eigenvalue weighted by atomic mass is 10.3. The number of allylic oxidation sites excluding steroid dienone is 2. The van der Waals surface area contributed by atoms with Gasteiger partial charge in [0.15, 0.2) is 5.78 Å². The Hall–Kier alpha value is -1.71. The van der Waals surface area contributed by atoms with Gasteiger partial charge >= 0.3 is 0 Å². The number of rotatable bonds is 3. The summed E-state index contributed by atoms with van der Waals surface area (Å²) in [6, 6.07) is 3.40. The predicted octanol–water partition coefficient (Wildman–Crippen LogP) is 2.21. The van der Waals surface area contributed by atoms with E-state index in [-0.39, 0.29) is 5.78 Å². The molecule has 0 bridgehead atoms. The second-order valence-electron chi connectivity index (χ2n) is 3.43. The summed E-state index contributed by atoms with van der Waals surface area (Å²) in [6.45, 7) is -0.576. The number of nitrogens with zero attached hydrogens (tertiary/aromatic N) is 1. The minimum absolute atomic E-state index is 0.136. The van der Waals surface area contributed by atoms with Gasteiger partial charge in [-0.1, -0.05) is 0 Å². The summed E-state index contributed by atoms with van der Waals surface area (Å²) in [7, 11) is 0. The van der Waals surface area contributed by atoms with Crippen LogP contribution in [0.3, 0.4) is 0 Å². The third-order valence-electron chi connectivity index (χ3n) is 2.23. The van der Waals surface area contributed by atoms with Crippen LogP contribution in [0.25, 0.3) is 0 Å². The van der Waals surface area contributed by atoms with Crippen LogP contribution in [0.1, 0.15) is 18.5 Å². The molecule has 1 N–H and O–H groups in total. The highest BCUT2D eigenvalue weighted by Crippen LogP contribution is 2.18. The molecule has 0 unspecified atom stereocenters. The summed E-state index contributed by atoms with van der Waals surface area (Å²) in [5.74, 6) is 0.136. The highest BCUT2D eigenvalue weighted by Gasteiger charge is 2.11. The second kappa shape index (κ2) is 4.21. The molecule has 0 amide bonds. The first-order chi connectivity index (χ1) is 7.28. The van der Waals surface area contributed by atoms with Crippen molar-refractivity contribution in [1.82, 2.24) is 4.98 Å². The molecule has 1 heterocycles. The normalized spacial score (nSPS) is 15.3. The van der Waals surface area contributed by atoms with Gasteiger partial charge in [0, 0.05) is 30.1 Å². The Morgan fingerprint density at radius 3 is 3.00 bits per heavy atom.